The fourth-order valence-corrected chi connectivity index (χ4v) is 1.84. The van der Waals surface area contributed by atoms with E-state index in [0.717, 1.165) is 24.4 Å². The summed E-state index contributed by atoms with van der Waals surface area (Å²) >= 11 is 0. The highest BCUT2D eigenvalue weighted by Crippen LogP contribution is 2.17. The van der Waals surface area contributed by atoms with Crippen molar-refractivity contribution in [3.05, 3.63) is 42.7 Å². The number of Topliss-reactive ketones (excluding diaryl/α,β-unsaturated/α-hetero) is 1. The molecular weight excluding hydrogens is 212 g/mol. The summed E-state index contributed by atoms with van der Waals surface area (Å²) in [6.07, 6.45) is 5.26. The van der Waals surface area contributed by atoms with Gasteiger partial charge in [0.05, 0.1) is 0 Å². The molecule has 0 atom stereocenters. The van der Waals surface area contributed by atoms with Crippen LogP contribution in [0.1, 0.15) is 19.8 Å². The number of aromatic nitrogens is 2. The van der Waals surface area contributed by atoms with Crippen LogP contribution in [0.3, 0.4) is 0 Å². The van der Waals surface area contributed by atoms with Gasteiger partial charge in [-0.1, -0.05) is 30.3 Å². The van der Waals surface area contributed by atoms with Gasteiger partial charge in [-0.25, -0.2) is 4.98 Å². The first kappa shape index (κ1) is 11.6. The largest absolute Gasteiger partial charge is 0.331 e. The lowest BCUT2D eigenvalue weighted by Gasteiger charge is -2.06. The zero-order valence-electron chi connectivity index (χ0n) is 9.97. The smallest absolute Gasteiger partial charge is 0.139 e. The van der Waals surface area contributed by atoms with Crippen LogP contribution in [-0.2, 0) is 11.3 Å². The first-order valence-corrected chi connectivity index (χ1v) is 5.83. The summed E-state index contributed by atoms with van der Waals surface area (Å²) < 4.78 is 2.10. The minimum Gasteiger partial charge on any atom is -0.331 e. The van der Waals surface area contributed by atoms with Gasteiger partial charge >= 0.3 is 0 Å². The predicted octanol–water partition coefficient (Wildman–Crippen LogP) is 2.92. The lowest BCUT2D eigenvalue weighted by atomic mass is 10.2. The van der Waals surface area contributed by atoms with Gasteiger partial charge < -0.3 is 9.36 Å². The van der Waals surface area contributed by atoms with Crippen LogP contribution >= 0.6 is 0 Å². The molecule has 0 bridgehead atoms. The van der Waals surface area contributed by atoms with Gasteiger partial charge in [0.2, 0.25) is 0 Å². The van der Waals surface area contributed by atoms with Crippen LogP contribution in [-0.4, -0.2) is 15.3 Å². The molecule has 0 fully saturated rings. The van der Waals surface area contributed by atoms with Crippen molar-refractivity contribution in [1.82, 2.24) is 9.55 Å². The van der Waals surface area contributed by atoms with Gasteiger partial charge in [-0.05, 0) is 13.3 Å². The van der Waals surface area contributed by atoms with Gasteiger partial charge in [0, 0.05) is 30.9 Å². The average molecular weight is 228 g/mol. The van der Waals surface area contributed by atoms with E-state index in [1.807, 2.05) is 36.5 Å². The van der Waals surface area contributed by atoms with Crippen molar-refractivity contribution in [3.63, 3.8) is 0 Å². The second kappa shape index (κ2) is 5.43. The first-order valence-electron chi connectivity index (χ1n) is 5.83. The molecule has 2 aromatic rings. The number of imidazole rings is 1. The molecule has 0 aliphatic rings. The summed E-state index contributed by atoms with van der Waals surface area (Å²) in [5.74, 6) is 1.21. The fourth-order valence-electron chi connectivity index (χ4n) is 1.84. The summed E-state index contributed by atoms with van der Waals surface area (Å²) in [6, 6.07) is 10.1. The lowest BCUT2D eigenvalue weighted by molar-refractivity contribution is -0.117. The van der Waals surface area contributed by atoms with E-state index in [-0.39, 0.29) is 5.78 Å². The summed E-state index contributed by atoms with van der Waals surface area (Å²) in [4.78, 5) is 15.3. The van der Waals surface area contributed by atoms with Crippen LogP contribution in [0, 0.1) is 0 Å². The minimum absolute atomic E-state index is 0.242. The Hall–Kier alpha value is -1.90. The fraction of sp³-hybridized carbons (Fsp3) is 0.286. The molecule has 3 heteroatoms. The number of rotatable bonds is 5. The first-order chi connectivity index (χ1) is 8.27. The minimum atomic E-state index is 0.242. The molecule has 0 unspecified atom stereocenters. The van der Waals surface area contributed by atoms with Crippen LogP contribution < -0.4 is 0 Å². The van der Waals surface area contributed by atoms with E-state index in [0.29, 0.717) is 6.42 Å². The molecule has 0 aliphatic carbocycles. The predicted molar refractivity (Wildman–Crippen MR) is 67.6 cm³/mol. The highest BCUT2D eigenvalue weighted by atomic mass is 16.1. The summed E-state index contributed by atoms with van der Waals surface area (Å²) in [5.41, 5.74) is 1.11. The quantitative estimate of drug-likeness (QED) is 0.788. The second-order valence-corrected chi connectivity index (χ2v) is 4.12. The maximum Gasteiger partial charge on any atom is 0.139 e. The maximum atomic E-state index is 10.9. The summed E-state index contributed by atoms with van der Waals surface area (Å²) in [5, 5.41) is 0. The Morgan fingerprint density at radius 2 is 2.06 bits per heavy atom. The van der Waals surface area contributed by atoms with Gasteiger partial charge in [-0.15, -0.1) is 0 Å². The molecule has 3 nitrogen and oxygen atoms in total. The van der Waals surface area contributed by atoms with Crippen molar-refractivity contribution in [2.75, 3.05) is 0 Å². The molecule has 0 N–H and O–H groups in total. The monoisotopic (exact) mass is 228 g/mol. The van der Waals surface area contributed by atoms with Crippen molar-refractivity contribution in [2.45, 2.75) is 26.3 Å². The number of hydrogen-bond acceptors (Lipinski definition) is 2. The number of aryl methyl sites for hydroxylation is 1. The third kappa shape index (κ3) is 3.03. The van der Waals surface area contributed by atoms with E-state index >= 15 is 0 Å². The molecule has 0 spiro atoms. The van der Waals surface area contributed by atoms with E-state index in [2.05, 4.69) is 9.55 Å². The van der Waals surface area contributed by atoms with Crippen LogP contribution in [0.2, 0.25) is 0 Å². The molecule has 88 valence electrons. The number of nitrogens with zero attached hydrogens (tertiary/aromatic N) is 2. The van der Waals surface area contributed by atoms with Gasteiger partial charge in [0.15, 0.2) is 0 Å². The van der Waals surface area contributed by atoms with Crippen LogP contribution in [0.25, 0.3) is 11.4 Å². The van der Waals surface area contributed by atoms with Crippen molar-refractivity contribution in [3.8, 4) is 11.4 Å². The molecule has 0 aliphatic heterocycles. The van der Waals surface area contributed by atoms with Crippen molar-refractivity contribution >= 4 is 5.78 Å². The van der Waals surface area contributed by atoms with Crippen molar-refractivity contribution in [1.29, 1.82) is 0 Å². The van der Waals surface area contributed by atoms with E-state index in [1.54, 1.807) is 13.1 Å². The molecule has 1 heterocycles. The number of hydrogen-bond donors (Lipinski definition) is 0. The van der Waals surface area contributed by atoms with Gasteiger partial charge in [-0.3, -0.25) is 0 Å². The van der Waals surface area contributed by atoms with E-state index < -0.39 is 0 Å². The molecule has 1 aromatic heterocycles. The molecule has 1 aromatic carbocycles. The van der Waals surface area contributed by atoms with Gasteiger partial charge in [0.1, 0.15) is 11.6 Å². The highest BCUT2D eigenvalue weighted by molar-refractivity contribution is 5.75. The number of carbonyl (C=O) groups excluding carboxylic acids is 1. The standard InChI is InChI=1S/C14H16N2O/c1-12(17)6-5-10-16-11-9-15-14(16)13-7-3-2-4-8-13/h2-4,7-9,11H,5-6,10H2,1H3. The topological polar surface area (TPSA) is 34.9 Å². The number of carbonyl (C=O) groups is 1. The Labute approximate surface area is 101 Å². The van der Waals surface area contributed by atoms with E-state index in [9.17, 15) is 4.79 Å². The molecule has 0 amide bonds. The SMILES string of the molecule is CC(=O)CCCn1ccnc1-c1ccccc1. The van der Waals surface area contributed by atoms with Crippen LogP contribution in [0.5, 0.6) is 0 Å². The average Bonchev–Trinajstić information content (AvgIpc) is 2.78. The van der Waals surface area contributed by atoms with Crippen LogP contribution in [0.4, 0.5) is 0 Å². The normalized spacial score (nSPS) is 10.4. The molecule has 17 heavy (non-hydrogen) atoms. The number of ketones is 1. The Morgan fingerprint density at radius 3 is 2.76 bits per heavy atom. The maximum absolute atomic E-state index is 10.9. The Balaban J connectivity index is 2.10. The molecule has 0 radical (unpaired) electrons. The highest BCUT2D eigenvalue weighted by Gasteiger charge is 2.05. The molecule has 0 saturated heterocycles. The van der Waals surface area contributed by atoms with Gasteiger partial charge in [-0.2, -0.15) is 0 Å². The van der Waals surface area contributed by atoms with Crippen molar-refractivity contribution in [2.24, 2.45) is 0 Å². The van der Waals surface area contributed by atoms with E-state index in [4.69, 9.17) is 0 Å². The molecule has 2 rings (SSSR count). The molecular formula is C14H16N2O. The van der Waals surface area contributed by atoms with Crippen molar-refractivity contribution < 1.29 is 4.79 Å². The zero-order valence-corrected chi connectivity index (χ0v) is 9.97. The second-order valence-electron chi connectivity index (χ2n) is 4.12. The van der Waals surface area contributed by atoms with Gasteiger partial charge in [0.25, 0.3) is 0 Å². The Kier molecular flexibility index (Phi) is 3.70. The van der Waals surface area contributed by atoms with Crippen LogP contribution in [0.15, 0.2) is 42.7 Å². The summed E-state index contributed by atoms with van der Waals surface area (Å²) in [6.45, 7) is 2.47. The molecule has 0 saturated carbocycles. The Bertz CT molecular complexity index is 488. The zero-order chi connectivity index (χ0) is 12.1. The lowest BCUT2D eigenvalue weighted by Crippen LogP contribution is -2.01. The third-order valence-corrected chi connectivity index (χ3v) is 2.68. The Morgan fingerprint density at radius 1 is 1.29 bits per heavy atom. The number of benzene rings is 1. The van der Waals surface area contributed by atoms with E-state index in [1.165, 1.54) is 0 Å². The third-order valence-electron chi connectivity index (χ3n) is 2.68. The summed E-state index contributed by atoms with van der Waals surface area (Å²) in [7, 11) is 0.